The molecule has 1 atom stereocenters. The van der Waals surface area contributed by atoms with Gasteiger partial charge in [-0.05, 0) is 36.2 Å². The molecule has 1 unspecified atom stereocenters. The number of para-hydroxylation sites is 1. The third-order valence-corrected chi connectivity index (χ3v) is 3.78. The Morgan fingerprint density at radius 3 is 2.29 bits per heavy atom. The van der Waals surface area contributed by atoms with Gasteiger partial charge < -0.3 is 10.1 Å². The van der Waals surface area contributed by atoms with Gasteiger partial charge in [0.15, 0.2) is 5.54 Å². The van der Waals surface area contributed by atoms with E-state index < -0.39 is 5.54 Å². The molecule has 0 aromatic heterocycles. The number of methoxy groups -OCH3 is 1. The highest BCUT2D eigenvalue weighted by molar-refractivity contribution is 6.30. The summed E-state index contributed by atoms with van der Waals surface area (Å²) in [4.78, 5) is 12.4. The maximum Gasteiger partial charge on any atom is 0.336 e. The third kappa shape index (κ3) is 3.19. The van der Waals surface area contributed by atoms with Crippen molar-refractivity contribution < 1.29 is 9.53 Å². The van der Waals surface area contributed by atoms with Crippen molar-refractivity contribution in [3.05, 3.63) is 65.2 Å². The highest BCUT2D eigenvalue weighted by Gasteiger charge is 2.39. The molecule has 2 rings (SSSR count). The minimum atomic E-state index is -0.930. The number of nitrogens with one attached hydrogen (secondary N) is 1. The van der Waals surface area contributed by atoms with E-state index in [-0.39, 0.29) is 5.97 Å². The zero-order chi connectivity index (χ0) is 15.3. The molecular weight excluding hydrogens is 286 g/mol. The lowest BCUT2D eigenvalue weighted by molar-refractivity contribution is -0.146. The first-order chi connectivity index (χ1) is 10.1. The molecule has 0 aliphatic rings. The van der Waals surface area contributed by atoms with E-state index in [2.05, 4.69) is 5.32 Å². The summed E-state index contributed by atoms with van der Waals surface area (Å²) in [7, 11) is 1.40. The van der Waals surface area contributed by atoms with Crippen molar-refractivity contribution >= 4 is 23.3 Å². The van der Waals surface area contributed by atoms with Crippen LogP contribution in [0.15, 0.2) is 54.6 Å². The molecule has 0 heterocycles. The molecule has 21 heavy (non-hydrogen) atoms. The van der Waals surface area contributed by atoms with Crippen LogP contribution in [-0.2, 0) is 15.1 Å². The zero-order valence-electron chi connectivity index (χ0n) is 12.1. The second kappa shape index (κ2) is 6.64. The first-order valence-electron chi connectivity index (χ1n) is 6.80. The number of halogens is 1. The number of hydrogen-bond donors (Lipinski definition) is 1. The average Bonchev–Trinajstić information content (AvgIpc) is 2.54. The predicted molar refractivity (Wildman–Crippen MR) is 85.5 cm³/mol. The van der Waals surface area contributed by atoms with Crippen LogP contribution >= 0.6 is 11.6 Å². The molecule has 0 saturated carbocycles. The average molecular weight is 304 g/mol. The predicted octanol–water partition coefficient (Wildman–Crippen LogP) is 4.23. The SMILES string of the molecule is CCC(Nc1ccccc1)(C(=O)OC)c1ccc(Cl)cc1. The van der Waals surface area contributed by atoms with E-state index in [1.165, 1.54) is 7.11 Å². The van der Waals surface area contributed by atoms with Crippen LogP contribution in [-0.4, -0.2) is 13.1 Å². The van der Waals surface area contributed by atoms with Gasteiger partial charge in [0.2, 0.25) is 0 Å². The van der Waals surface area contributed by atoms with Crippen LogP contribution in [0.1, 0.15) is 18.9 Å². The first kappa shape index (κ1) is 15.4. The molecule has 0 fully saturated rings. The summed E-state index contributed by atoms with van der Waals surface area (Å²) in [5, 5.41) is 3.94. The lowest BCUT2D eigenvalue weighted by Crippen LogP contribution is -2.43. The van der Waals surface area contributed by atoms with E-state index in [9.17, 15) is 4.79 Å². The lowest BCUT2D eigenvalue weighted by Gasteiger charge is -2.32. The molecule has 0 amide bonds. The molecule has 4 heteroatoms. The van der Waals surface area contributed by atoms with Gasteiger partial charge in [-0.1, -0.05) is 48.9 Å². The van der Waals surface area contributed by atoms with Crippen molar-refractivity contribution in [3.63, 3.8) is 0 Å². The van der Waals surface area contributed by atoms with Crippen molar-refractivity contribution in [1.82, 2.24) is 0 Å². The Labute approximate surface area is 129 Å². The monoisotopic (exact) mass is 303 g/mol. The summed E-state index contributed by atoms with van der Waals surface area (Å²) in [5.41, 5.74) is 0.755. The summed E-state index contributed by atoms with van der Waals surface area (Å²) in [6.45, 7) is 1.95. The number of carbonyl (C=O) groups is 1. The van der Waals surface area contributed by atoms with Crippen LogP contribution in [0.2, 0.25) is 5.02 Å². The summed E-state index contributed by atoms with van der Waals surface area (Å²) in [5.74, 6) is -0.323. The number of esters is 1. The van der Waals surface area contributed by atoms with E-state index in [1.54, 1.807) is 12.1 Å². The van der Waals surface area contributed by atoms with Crippen molar-refractivity contribution in [2.75, 3.05) is 12.4 Å². The second-order valence-corrected chi connectivity index (χ2v) is 5.18. The van der Waals surface area contributed by atoms with E-state index in [4.69, 9.17) is 16.3 Å². The number of rotatable bonds is 5. The maximum atomic E-state index is 12.4. The molecule has 0 saturated heterocycles. The Kier molecular flexibility index (Phi) is 4.86. The van der Waals surface area contributed by atoms with Gasteiger partial charge in [0.1, 0.15) is 0 Å². The molecule has 110 valence electrons. The first-order valence-corrected chi connectivity index (χ1v) is 7.18. The molecular formula is C17H18ClNO2. The van der Waals surface area contributed by atoms with Crippen LogP contribution in [0.4, 0.5) is 5.69 Å². The Bertz CT molecular complexity index is 598. The van der Waals surface area contributed by atoms with Crippen molar-refractivity contribution in [2.24, 2.45) is 0 Å². The van der Waals surface area contributed by atoms with Crippen molar-refractivity contribution in [3.8, 4) is 0 Å². The largest absolute Gasteiger partial charge is 0.467 e. The Balaban J connectivity index is 2.47. The van der Waals surface area contributed by atoms with Crippen LogP contribution in [0, 0.1) is 0 Å². The standard InChI is InChI=1S/C17H18ClNO2/c1-3-17(16(20)21-2,13-9-11-14(18)12-10-13)19-15-7-5-4-6-8-15/h4-12,19H,3H2,1-2H3. The Morgan fingerprint density at radius 1 is 1.14 bits per heavy atom. The maximum absolute atomic E-state index is 12.4. The highest BCUT2D eigenvalue weighted by atomic mass is 35.5. The fourth-order valence-electron chi connectivity index (χ4n) is 2.35. The number of ether oxygens (including phenoxy) is 1. The zero-order valence-corrected chi connectivity index (χ0v) is 12.9. The highest BCUT2D eigenvalue weighted by Crippen LogP contribution is 2.32. The quantitative estimate of drug-likeness (QED) is 0.840. The van der Waals surface area contributed by atoms with Crippen LogP contribution < -0.4 is 5.32 Å². The summed E-state index contributed by atoms with van der Waals surface area (Å²) < 4.78 is 5.03. The van der Waals surface area contributed by atoms with Gasteiger partial charge in [0.05, 0.1) is 7.11 Å². The van der Waals surface area contributed by atoms with Crippen LogP contribution in [0.25, 0.3) is 0 Å². The molecule has 2 aromatic rings. The fraction of sp³-hybridized carbons (Fsp3) is 0.235. The minimum absolute atomic E-state index is 0.323. The van der Waals surface area contributed by atoms with Gasteiger partial charge in [-0.15, -0.1) is 0 Å². The number of anilines is 1. The van der Waals surface area contributed by atoms with Crippen molar-refractivity contribution in [1.29, 1.82) is 0 Å². The molecule has 0 aliphatic heterocycles. The Morgan fingerprint density at radius 2 is 1.76 bits per heavy atom. The van der Waals surface area contributed by atoms with Crippen LogP contribution in [0.3, 0.4) is 0 Å². The normalized spacial score (nSPS) is 13.3. The molecule has 1 N–H and O–H groups in total. The minimum Gasteiger partial charge on any atom is -0.467 e. The molecule has 3 nitrogen and oxygen atoms in total. The van der Waals surface area contributed by atoms with Gasteiger partial charge in [0, 0.05) is 10.7 Å². The van der Waals surface area contributed by atoms with E-state index in [0.29, 0.717) is 11.4 Å². The van der Waals surface area contributed by atoms with E-state index >= 15 is 0 Å². The van der Waals surface area contributed by atoms with E-state index in [0.717, 1.165) is 11.3 Å². The second-order valence-electron chi connectivity index (χ2n) is 4.75. The Hall–Kier alpha value is -2.00. The van der Waals surface area contributed by atoms with E-state index in [1.807, 2.05) is 49.4 Å². The smallest absolute Gasteiger partial charge is 0.336 e. The van der Waals surface area contributed by atoms with Gasteiger partial charge >= 0.3 is 5.97 Å². The molecule has 0 bridgehead atoms. The number of hydrogen-bond acceptors (Lipinski definition) is 3. The summed E-state index contributed by atoms with van der Waals surface area (Å²) >= 11 is 5.94. The molecule has 0 spiro atoms. The molecule has 0 radical (unpaired) electrons. The van der Waals surface area contributed by atoms with Gasteiger partial charge in [0.25, 0.3) is 0 Å². The molecule has 2 aromatic carbocycles. The van der Waals surface area contributed by atoms with Crippen molar-refractivity contribution in [2.45, 2.75) is 18.9 Å². The van der Waals surface area contributed by atoms with Gasteiger partial charge in [-0.3, -0.25) is 0 Å². The molecule has 0 aliphatic carbocycles. The number of carbonyl (C=O) groups excluding carboxylic acids is 1. The third-order valence-electron chi connectivity index (χ3n) is 3.53. The van der Waals surface area contributed by atoms with Crippen LogP contribution in [0.5, 0.6) is 0 Å². The van der Waals surface area contributed by atoms with Gasteiger partial charge in [-0.2, -0.15) is 0 Å². The fourth-order valence-corrected chi connectivity index (χ4v) is 2.48. The topological polar surface area (TPSA) is 38.3 Å². The number of benzene rings is 2. The van der Waals surface area contributed by atoms with Gasteiger partial charge in [-0.25, -0.2) is 4.79 Å². The summed E-state index contributed by atoms with van der Waals surface area (Å²) in [6, 6.07) is 16.8. The summed E-state index contributed by atoms with van der Waals surface area (Å²) in [6.07, 6.45) is 0.552. The lowest BCUT2D eigenvalue weighted by atomic mass is 9.86.